The molecule has 1 aromatic heterocycles. The minimum absolute atomic E-state index is 0.0627. The number of aryl methyl sites for hydroxylation is 1. The monoisotopic (exact) mass is 294 g/mol. The van der Waals surface area contributed by atoms with Gasteiger partial charge in [0.05, 0.1) is 6.20 Å². The van der Waals surface area contributed by atoms with Crippen LogP contribution in [0, 0.1) is 12.8 Å². The fraction of sp³-hybridized carbons (Fsp3) is 0.643. The summed E-state index contributed by atoms with van der Waals surface area (Å²) >= 11 is 0. The Bertz CT molecular complexity index is 492. The molecule has 1 fully saturated rings. The van der Waals surface area contributed by atoms with Crippen molar-refractivity contribution in [3.63, 3.8) is 0 Å². The number of amides is 2. The third-order valence-corrected chi connectivity index (χ3v) is 4.03. The highest BCUT2D eigenvalue weighted by atomic mass is 16.4. The second-order valence-corrected chi connectivity index (χ2v) is 5.54. The summed E-state index contributed by atoms with van der Waals surface area (Å²) in [6, 6.07) is -0.0627. The normalized spacial score (nSPS) is 16.0. The molecule has 0 saturated carbocycles. The minimum Gasteiger partial charge on any atom is -0.481 e. The first-order valence-corrected chi connectivity index (χ1v) is 7.29. The highest BCUT2D eigenvalue weighted by molar-refractivity contribution is 5.74. The first kappa shape index (κ1) is 15.3. The van der Waals surface area contributed by atoms with Gasteiger partial charge in [0.25, 0.3) is 0 Å². The van der Waals surface area contributed by atoms with E-state index >= 15 is 0 Å². The van der Waals surface area contributed by atoms with E-state index in [2.05, 4.69) is 15.5 Å². The Morgan fingerprint density at radius 3 is 2.76 bits per heavy atom. The van der Waals surface area contributed by atoms with Crippen LogP contribution in [0.4, 0.5) is 4.79 Å². The number of piperidine rings is 1. The molecule has 1 aliphatic heterocycles. The maximum Gasteiger partial charge on any atom is 0.317 e. The van der Waals surface area contributed by atoms with Gasteiger partial charge in [0.2, 0.25) is 0 Å². The predicted molar refractivity (Wildman–Crippen MR) is 76.7 cm³/mol. The van der Waals surface area contributed by atoms with Crippen molar-refractivity contribution in [1.29, 1.82) is 0 Å². The van der Waals surface area contributed by atoms with Gasteiger partial charge < -0.3 is 15.3 Å². The SMILES string of the molecule is Cc1[nH]ncc1CNC(=O)N1CCC(CCC(=O)O)CC1. The van der Waals surface area contributed by atoms with Crippen molar-refractivity contribution in [2.75, 3.05) is 13.1 Å². The number of urea groups is 1. The lowest BCUT2D eigenvalue weighted by Gasteiger charge is -2.31. The van der Waals surface area contributed by atoms with Crippen LogP contribution < -0.4 is 5.32 Å². The molecule has 0 aliphatic carbocycles. The largest absolute Gasteiger partial charge is 0.481 e. The van der Waals surface area contributed by atoms with Gasteiger partial charge in [-0.05, 0) is 32.1 Å². The van der Waals surface area contributed by atoms with Crippen molar-refractivity contribution in [2.24, 2.45) is 5.92 Å². The minimum atomic E-state index is -0.745. The molecule has 1 aromatic rings. The van der Waals surface area contributed by atoms with E-state index < -0.39 is 5.97 Å². The van der Waals surface area contributed by atoms with E-state index in [-0.39, 0.29) is 12.5 Å². The summed E-state index contributed by atoms with van der Waals surface area (Å²) in [4.78, 5) is 24.4. The van der Waals surface area contributed by atoms with E-state index in [4.69, 9.17) is 5.11 Å². The Hall–Kier alpha value is -2.05. The van der Waals surface area contributed by atoms with Crippen LogP contribution in [0.5, 0.6) is 0 Å². The van der Waals surface area contributed by atoms with E-state index in [1.165, 1.54) is 0 Å². The van der Waals surface area contributed by atoms with Gasteiger partial charge in [-0.15, -0.1) is 0 Å². The molecule has 2 heterocycles. The van der Waals surface area contributed by atoms with Crippen LogP contribution in [0.15, 0.2) is 6.20 Å². The van der Waals surface area contributed by atoms with E-state index in [0.29, 0.717) is 32.0 Å². The fourth-order valence-corrected chi connectivity index (χ4v) is 2.59. The lowest BCUT2D eigenvalue weighted by atomic mass is 9.92. The maximum absolute atomic E-state index is 12.1. The van der Waals surface area contributed by atoms with Crippen LogP contribution in [0.25, 0.3) is 0 Å². The number of aliphatic carboxylic acids is 1. The van der Waals surface area contributed by atoms with Crippen molar-refractivity contribution in [2.45, 2.75) is 39.2 Å². The number of carbonyl (C=O) groups is 2. The third-order valence-electron chi connectivity index (χ3n) is 4.03. The molecule has 0 spiro atoms. The molecular weight excluding hydrogens is 272 g/mol. The topological polar surface area (TPSA) is 98.3 Å². The molecule has 1 saturated heterocycles. The van der Waals surface area contributed by atoms with E-state index in [1.807, 2.05) is 6.92 Å². The second kappa shape index (κ2) is 7.10. The quantitative estimate of drug-likeness (QED) is 0.766. The molecule has 21 heavy (non-hydrogen) atoms. The van der Waals surface area contributed by atoms with Crippen LogP contribution in [-0.4, -0.2) is 45.3 Å². The second-order valence-electron chi connectivity index (χ2n) is 5.54. The van der Waals surface area contributed by atoms with Crippen LogP contribution in [0.1, 0.15) is 36.9 Å². The summed E-state index contributed by atoms with van der Waals surface area (Å²) in [7, 11) is 0. The standard InChI is InChI=1S/C14H22N4O3/c1-10-12(9-16-17-10)8-15-14(21)18-6-4-11(5-7-18)2-3-13(19)20/h9,11H,2-8H2,1H3,(H,15,21)(H,16,17)(H,19,20). The molecule has 2 amide bonds. The Balaban J connectivity index is 1.70. The number of carbonyl (C=O) groups excluding carboxylic acids is 1. The van der Waals surface area contributed by atoms with Crippen molar-refractivity contribution in [3.05, 3.63) is 17.5 Å². The molecule has 116 valence electrons. The zero-order chi connectivity index (χ0) is 15.2. The number of hydrogen-bond donors (Lipinski definition) is 3. The summed E-state index contributed by atoms with van der Waals surface area (Å²) in [5.74, 6) is -0.327. The maximum atomic E-state index is 12.1. The van der Waals surface area contributed by atoms with E-state index in [1.54, 1.807) is 11.1 Å². The number of carboxylic acid groups (broad SMARTS) is 1. The summed E-state index contributed by atoms with van der Waals surface area (Å²) in [6.45, 7) is 3.78. The Morgan fingerprint density at radius 2 is 2.19 bits per heavy atom. The molecule has 7 heteroatoms. The Kier molecular flexibility index (Phi) is 5.19. The van der Waals surface area contributed by atoms with Crippen LogP contribution in [0.3, 0.4) is 0 Å². The summed E-state index contributed by atoms with van der Waals surface area (Å²) in [6.07, 6.45) is 4.40. The summed E-state index contributed by atoms with van der Waals surface area (Å²) < 4.78 is 0. The van der Waals surface area contributed by atoms with Gasteiger partial charge in [0.1, 0.15) is 0 Å². The molecule has 0 atom stereocenters. The molecule has 0 unspecified atom stereocenters. The lowest BCUT2D eigenvalue weighted by Crippen LogP contribution is -2.44. The van der Waals surface area contributed by atoms with Gasteiger partial charge >= 0.3 is 12.0 Å². The average Bonchev–Trinajstić information content (AvgIpc) is 2.88. The van der Waals surface area contributed by atoms with Gasteiger partial charge in [-0.25, -0.2) is 4.79 Å². The van der Waals surface area contributed by atoms with Gasteiger partial charge in [0.15, 0.2) is 0 Å². The first-order valence-electron chi connectivity index (χ1n) is 7.29. The van der Waals surface area contributed by atoms with E-state index in [0.717, 1.165) is 24.1 Å². The Morgan fingerprint density at radius 1 is 1.48 bits per heavy atom. The highest BCUT2D eigenvalue weighted by Gasteiger charge is 2.23. The van der Waals surface area contributed by atoms with Crippen molar-refractivity contribution in [1.82, 2.24) is 20.4 Å². The van der Waals surface area contributed by atoms with Gasteiger partial charge in [-0.2, -0.15) is 5.10 Å². The Labute approximate surface area is 123 Å². The molecule has 3 N–H and O–H groups in total. The van der Waals surface area contributed by atoms with Crippen molar-refractivity contribution >= 4 is 12.0 Å². The number of carboxylic acids is 1. The van der Waals surface area contributed by atoms with Crippen LogP contribution in [-0.2, 0) is 11.3 Å². The van der Waals surface area contributed by atoms with Gasteiger partial charge in [-0.1, -0.05) is 0 Å². The molecule has 0 radical (unpaired) electrons. The first-order chi connectivity index (χ1) is 10.1. The smallest absolute Gasteiger partial charge is 0.317 e. The average molecular weight is 294 g/mol. The van der Waals surface area contributed by atoms with Crippen LogP contribution >= 0.6 is 0 Å². The lowest BCUT2D eigenvalue weighted by molar-refractivity contribution is -0.137. The molecule has 1 aliphatic rings. The number of hydrogen-bond acceptors (Lipinski definition) is 3. The zero-order valence-electron chi connectivity index (χ0n) is 12.3. The molecule has 0 bridgehead atoms. The number of aromatic amines is 1. The molecule has 7 nitrogen and oxygen atoms in total. The summed E-state index contributed by atoms with van der Waals surface area (Å²) in [5, 5.41) is 18.3. The fourth-order valence-electron chi connectivity index (χ4n) is 2.59. The number of nitrogens with zero attached hydrogens (tertiary/aromatic N) is 2. The molecular formula is C14H22N4O3. The van der Waals surface area contributed by atoms with E-state index in [9.17, 15) is 9.59 Å². The van der Waals surface area contributed by atoms with Crippen molar-refractivity contribution in [3.8, 4) is 0 Å². The van der Waals surface area contributed by atoms with Gasteiger partial charge in [-0.3, -0.25) is 9.89 Å². The molecule has 0 aromatic carbocycles. The van der Waals surface area contributed by atoms with Gasteiger partial charge in [0, 0.05) is 37.3 Å². The van der Waals surface area contributed by atoms with Crippen LogP contribution in [0.2, 0.25) is 0 Å². The molecule has 2 rings (SSSR count). The zero-order valence-corrected chi connectivity index (χ0v) is 12.3. The summed E-state index contributed by atoms with van der Waals surface area (Å²) in [5.41, 5.74) is 1.95. The number of nitrogens with one attached hydrogen (secondary N) is 2. The number of likely N-dealkylation sites (tertiary alicyclic amines) is 1. The number of H-pyrrole nitrogens is 1. The predicted octanol–water partition coefficient (Wildman–Crippen LogP) is 1.50. The van der Waals surface area contributed by atoms with Crippen molar-refractivity contribution < 1.29 is 14.7 Å². The number of rotatable bonds is 5. The number of aromatic nitrogens is 2. The third kappa shape index (κ3) is 4.47. The highest BCUT2D eigenvalue weighted by Crippen LogP contribution is 2.21.